The molecule has 3 rings (SSSR count). The molecule has 0 aliphatic rings. The van der Waals surface area contributed by atoms with Gasteiger partial charge in [0.25, 0.3) is 11.8 Å². The first-order chi connectivity index (χ1) is 21.0. The fourth-order valence-corrected chi connectivity index (χ4v) is 3.39. The minimum atomic E-state index is -1.34. The third kappa shape index (κ3) is 11.3. The van der Waals surface area contributed by atoms with Gasteiger partial charge in [-0.15, -0.1) is 9.98 Å². The molecule has 0 saturated heterocycles. The van der Waals surface area contributed by atoms with Crippen LogP contribution in [0.3, 0.4) is 0 Å². The predicted octanol–water partition coefficient (Wildman–Crippen LogP) is 4.31. The van der Waals surface area contributed by atoms with E-state index in [2.05, 4.69) is 41.2 Å². The topological polar surface area (TPSA) is 228 Å². The Bertz CT molecular complexity index is 1500. The number of guanidine groups is 2. The van der Waals surface area contributed by atoms with E-state index < -0.39 is 41.2 Å². The van der Waals surface area contributed by atoms with Crippen LogP contribution in [0.5, 0.6) is 0 Å². The highest BCUT2D eigenvalue weighted by Gasteiger charge is 2.21. The Balaban J connectivity index is 1.99. The molecule has 0 spiro atoms. The highest BCUT2D eigenvalue weighted by Crippen LogP contribution is 2.20. The summed E-state index contributed by atoms with van der Waals surface area (Å²) in [5.41, 5.74) is -1.71. The normalized spacial score (nSPS) is 12.1. The number of benzene rings is 1. The largest absolute Gasteiger partial charge is 0.478 e. The standard InChI is InChI=1S/C29H34N8O8/c1-28(2,3)44-26(42)36-24(34-21(38)19-9-7-11-30-19)32-17-13-16(23(40)41)14-18(15-17)33-25(37-27(43)45-29(4,5)6)35-22(39)20-10-8-12-31-20/h7-15,30-31H,1-6H3,(H,40,41)(H2,32,34,36,38,42)(H2,33,35,37,39,43). The molecule has 0 fully saturated rings. The summed E-state index contributed by atoms with van der Waals surface area (Å²) in [6, 6.07) is 9.89. The number of nitrogens with one attached hydrogen (secondary N) is 6. The summed E-state index contributed by atoms with van der Waals surface area (Å²) in [5, 5.41) is 20.1. The molecule has 45 heavy (non-hydrogen) atoms. The Morgan fingerprint density at radius 1 is 0.689 bits per heavy atom. The van der Waals surface area contributed by atoms with Crippen molar-refractivity contribution in [3.05, 3.63) is 71.8 Å². The Morgan fingerprint density at radius 2 is 1.09 bits per heavy atom. The summed E-state index contributed by atoms with van der Waals surface area (Å²) in [7, 11) is 0. The van der Waals surface area contributed by atoms with Gasteiger partial charge in [0, 0.05) is 23.8 Å². The van der Waals surface area contributed by atoms with Gasteiger partial charge >= 0.3 is 18.2 Å². The van der Waals surface area contributed by atoms with E-state index in [-0.39, 0.29) is 40.2 Å². The number of anilines is 2. The minimum absolute atomic E-state index is 0.0267. The second kappa shape index (κ2) is 14.0. The van der Waals surface area contributed by atoms with Crippen LogP contribution >= 0.6 is 0 Å². The van der Waals surface area contributed by atoms with Gasteiger partial charge in [-0.3, -0.25) is 20.2 Å². The molecule has 16 heteroatoms. The molecule has 0 unspecified atom stereocenters. The molecule has 0 saturated carbocycles. The summed E-state index contributed by atoms with van der Waals surface area (Å²) in [6.07, 6.45) is 0.963. The van der Waals surface area contributed by atoms with Crippen molar-refractivity contribution in [1.82, 2.24) is 20.6 Å². The van der Waals surface area contributed by atoms with Crippen LogP contribution in [0.1, 0.15) is 72.9 Å². The molecule has 3 aromatic rings. The number of carboxylic acids is 1. The van der Waals surface area contributed by atoms with E-state index in [0.717, 1.165) is 0 Å². The van der Waals surface area contributed by atoms with E-state index in [0.29, 0.717) is 0 Å². The van der Waals surface area contributed by atoms with Gasteiger partial charge in [0.05, 0.1) is 5.56 Å². The quantitative estimate of drug-likeness (QED) is 0.157. The van der Waals surface area contributed by atoms with Crippen LogP contribution in [0.4, 0.5) is 21.0 Å². The number of carbonyl (C=O) groups excluding carboxylic acids is 4. The number of carbonyl (C=O) groups is 5. The van der Waals surface area contributed by atoms with Crippen LogP contribution in [-0.4, -0.2) is 68.2 Å². The molecule has 1 aromatic carbocycles. The van der Waals surface area contributed by atoms with Crippen LogP contribution in [0.2, 0.25) is 0 Å². The fourth-order valence-electron chi connectivity index (χ4n) is 3.39. The van der Waals surface area contributed by atoms with Crippen molar-refractivity contribution in [2.75, 3.05) is 10.6 Å². The Kier molecular flexibility index (Phi) is 10.5. The van der Waals surface area contributed by atoms with Crippen molar-refractivity contribution in [2.45, 2.75) is 52.7 Å². The molecule has 0 aliphatic heterocycles. The maximum Gasteiger partial charge on any atom is 0.437 e. The second-order valence-corrected chi connectivity index (χ2v) is 11.3. The Morgan fingerprint density at radius 3 is 1.40 bits per heavy atom. The second-order valence-electron chi connectivity index (χ2n) is 11.3. The van der Waals surface area contributed by atoms with E-state index in [4.69, 9.17) is 9.47 Å². The molecule has 2 aromatic heterocycles. The van der Waals surface area contributed by atoms with E-state index in [9.17, 15) is 29.1 Å². The lowest BCUT2D eigenvalue weighted by Crippen LogP contribution is -2.38. The third-order valence-electron chi connectivity index (χ3n) is 5.05. The molecule has 4 amide bonds. The summed E-state index contributed by atoms with van der Waals surface area (Å²) < 4.78 is 10.4. The number of amides is 4. The highest BCUT2D eigenvalue weighted by molar-refractivity contribution is 6.13. The van der Waals surface area contributed by atoms with Crippen LogP contribution < -0.4 is 21.3 Å². The number of aliphatic imine (C=N–C) groups is 2. The first-order valence-electron chi connectivity index (χ1n) is 13.4. The van der Waals surface area contributed by atoms with Gasteiger partial charge in [-0.05, 0) is 84.0 Å². The van der Waals surface area contributed by atoms with Gasteiger partial charge in [0.1, 0.15) is 22.6 Å². The average molecular weight is 623 g/mol. The van der Waals surface area contributed by atoms with Gasteiger partial charge in [-0.1, -0.05) is 0 Å². The number of nitrogens with zero attached hydrogens (tertiary/aromatic N) is 2. The molecule has 0 aliphatic carbocycles. The molecule has 16 nitrogen and oxygen atoms in total. The zero-order valence-corrected chi connectivity index (χ0v) is 25.4. The molecule has 0 bridgehead atoms. The van der Waals surface area contributed by atoms with Gasteiger partial charge in [0.2, 0.25) is 11.9 Å². The maximum atomic E-state index is 12.7. The minimum Gasteiger partial charge on any atom is -0.478 e. The third-order valence-corrected chi connectivity index (χ3v) is 5.05. The van der Waals surface area contributed by atoms with Crippen molar-refractivity contribution in [3.8, 4) is 0 Å². The number of carboxylic acid groups (broad SMARTS) is 1. The highest BCUT2D eigenvalue weighted by atomic mass is 16.6. The van der Waals surface area contributed by atoms with Crippen molar-refractivity contribution in [3.63, 3.8) is 0 Å². The number of hydrogen-bond donors (Lipinski definition) is 7. The average Bonchev–Trinajstić information content (AvgIpc) is 3.61. The maximum absolute atomic E-state index is 12.7. The number of ether oxygens (including phenoxy) is 2. The Labute approximate surface area is 257 Å². The molecular formula is C29H34N8O8. The summed E-state index contributed by atoms with van der Waals surface area (Å²) in [4.78, 5) is 75.5. The molecule has 2 heterocycles. The molecule has 238 valence electrons. The number of hydrogen-bond acceptors (Lipinski definition) is 7. The van der Waals surface area contributed by atoms with Gasteiger partial charge in [-0.25, -0.2) is 14.4 Å². The van der Waals surface area contributed by atoms with Crippen LogP contribution in [0, 0.1) is 0 Å². The SMILES string of the molecule is CC(C)(C)OC(=O)/N=C(/NC(=O)c1ccc[nH]1)Nc1cc(N/C(=N\C(=O)OC(C)(C)C)NC(=O)c2ccc[nH]2)cc(C(=O)O)c1. The molecule has 0 radical (unpaired) electrons. The van der Waals surface area contributed by atoms with Gasteiger partial charge in [0.15, 0.2) is 0 Å². The number of aromatic nitrogens is 2. The van der Waals surface area contributed by atoms with Gasteiger partial charge in [-0.2, -0.15) is 0 Å². The first-order valence-corrected chi connectivity index (χ1v) is 13.4. The van der Waals surface area contributed by atoms with Crippen molar-refractivity contribution in [2.24, 2.45) is 9.98 Å². The molecule has 0 atom stereocenters. The predicted molar refractivity (Wildman–Crippen MR) is 165 cm³/mol. The summed E-state index contributed by atoms with van der Waals surface area (Å²) in [6.45, 7) is 9.78. The van der Waals surface area contributed by atoms with Crippen molar-refractivity contribution in [1.29, 1.82) is 0 Å². The lowest BCUT2D eigenvalue weighted by molar-refractivity contribution is 0.0591. The zero-order valence-electron chi connectivity index (χ0n) is 25.4. The number of rotatable bonds is 5. The van der Waals surface area contributed by atoms with Crippen LogP contribution in [0.25, 0.3) is 0 Å². The van der Waals surface area contributed by atoms with E-state index in [1.54, 1.807) is 53.7 Å². The van der Waals surface area contributed by atoms with E-state index >= 15 is 0 Å². The number of H-pyrrole nitrogens is 2. The lowest BCUT2D eigenvalue weighted by atomic mass is 10.1. The zero-order chi connectivity index (χ0) is 33.4. The van der Waals surface area contributed by atoms with Gasteiger partial charge < -0.3 is 35.2 Å². The lowest BCUT2D eigenvalue weighted by Gasteiger charge is -2.19. The summed E-state index contributed by atoms with van der Waals surface area (Å²) >= 11 is 0. The van der Waals surface area contributed by atoms with Crippen molar-refractivity contribution < 1.29 is 38.6 Å². The number of aromatic amines is 2. The van der Waals surface area contributed by atoms with Crippen LogP contribution in [-0.2, 0) is 9.47 Å². The smallest absolute Gasteiger partial charge is 0.437 e. The molecular weight excluding hydrogens is 588 g/mol. The summed E-state index contributed by atoms with van der Waals surface area (Å²) in [5.74, 6) is -3.45. The number of aromatic carboxylic acids is 1. The fraction of sp³-hybridized carbons (Fsp3) is 0.276. The monoisotopic (exact) mass is 622 g/mol. The Hall–Kier alpha value is -5.93. The molecule has 7 N–H and O–H groups in total. The van der Waals surface area contributed by atoms with E-state index in [1.807, 2.05) is 0 Å². The first kappa shape index (κ1) is 33.6. The van der Waals surface area contributed by atoms with E-state index in [1.165, 1.54) is 42.7 Å². The van der Waals surface area contributed by atoms with Crippen LogP contribution in [0.15, 0.2) is 64.8 Å². The van der Waals surface area contributed by atoms with Crippen molar-refractivity contribution >= 4 is 53.3 Å².